The van der Waals surface area contributed by atoms with Gasteiger partial charge < -0.3 is 8.98 Å². The van der Waals surface area contributed by atoms with Crippen LogP contribution in [0.2, 0.25) is 0 Å². The molecule has 0 aliphatic heterocycles. The summed E-state index contributed by atoms with van der Waals surface area (Å²) in [7, 11) is 2.09. The van der Waals surface area contributed by atoms with Gasteiger partial charge in [-0.3, -0.25) is 0 Å². The van der Waals surface area contributed by atoms with Crippen molar-refractivity contribution < 1.29 is 4.42 Å². The number of aryl methyl sites for hydroxylation is 1. The Hall–Kier alpha value is -3.26. The fraction of sp³-hybridized carbons (Fsp3) is 0.0435. The molecule has 2 heterocycles. The minimum atomic E-state index is 0.921. The first kappa shape index (κ1) is 14.1. The molecule has 120 valence electrons. The molecule has 0 amide bonds. The van der Waals surface area contributed by atoms with Crippen LogP contribution in [-0.4, -0.2) is 4.57 Å². The molecule has 25 heavy (non-hydrogen) atoms. The van der Waals surface area contributed by atoms with E-state index < -0.39 is 0 Å². The maximum Gasteiger partial charge on any atom is 0.143 e. The van der Waals surface area contributed by atoms with Crippen LogP contribution in [0.4, 0.5) is 0 Å². The number of benzene rings is 3. The second-order valence-corrected chi connectivity index (χ2v) is 6.34. The highest BCUT2D eigenvalue weighted by Gasteiger charge is 2.20. The normalized spacial score (nSPS) is 11.4. The molecule has 0 saturated carbocycles. The summed E-state index contributed by atoms with van der Waals surface area (Å²) in [6.45, 7) is 0. The number of hydrogen-bond donors (Lipinski definition) is 0. The van der Waals surface area contributed by atoms with E-state index in [0.717, 1.165) is 22.3 Å². The van der Waals surface area contributed by atoms with Crippen LogP contribution in [0.15, 0.2) is 89.5 Å². The van der Waals surface area contributed by atoms with Gasteiger partial charge in [0, 0.05) is 46.2 Å². The first-order valence-electron chi connectivity index (χ1n) is 8.44. The zero-order chi connectivity index (χ0) is 16.8. The Morgan fingerprint density at radius 2 is 1.40 bits per heavy atom. The predicted molar refractivity (Wildman–Crippen MR) is 104 cm³/mol. The smallest absolute Gasteiger partial charge is 0.143 e. The molecular formula is C23H17NO. The van der Waals surface area contributed by atoms with E-state index >= 15 is 0 Å². The second kappa shape index (κ2) is 5.38. The van der Waals surface area contributed by atoms with Gasteiger partial charge in [-0.25, -0.2) is 0 Å². The van der Waals surface area contributed by atoms with Gasteiger partial charge in [-0.15, -0.1) is 0 Å². The Kier molecular flexibility index (Phi) is 3.04. The predicted octanol–water partition coefficient (Wildman–Crippen LogP) is 6.26. The number of aromatic nitrogens is 1. The summed E-state index contributed by atoms with van der Waals surface area (Å²) >= 11 is 0. The third kappa shape index (κ3) is 2.11. The number of rotatable bonds is 2. The second-order valence-electron chi connectivity index (χ2n) is 6.34. The van der Waals surface area contributed by atoms with E-state index in [9.17, 15) is 0 Å². The van der Waals surface area contributed by atoms with Gasteiger partial charge in [0.1, 0.15) is 11.3 Å². The zero-order valence-electron chi connectivity index (χ0n) is 13.9. The molecule has 2 aromatic heterocycles. The summed E-state index contributed by atoms with van der Waals surface area (Å²) in [5.74, 6) is 0.929. The lowest BCUT2D eigenvalue weighted by molar-refractivity contribution is 0.632. The molecule has 0 radical (unpaired) electrons. The quantitative estimate of drug-likeness (QED) is 0.375. The molecule has 0 fully saturated rings. The van der Waals surface area contributed by atoms with Crippen LogP contribution < -0.4 is 0 Å². The van der Waals surface area contributed by atoms with E-state index in [1.54, 1.807) is 0 Å². The third-order valence-corrected chi connectivity index (χ3v) is 4.80. The molecule has 0 saturated heterocycles. The van der Waals surface area contributed by atoms with Crippen LogP contribution in [0.25, 0.3) is 44.3 Å². The highest BCUT2D eigenvalue weighted by molar-refractivity contribution is 6.09. The van der Waals surface area contributed by atoms with Crippen molar-refractivity contribution in [3.63, 3.8) is 0 Å². The summed E-state index contributed by atoms with van der Waals surface area (Å²) < 4.78 is 8.47. The molecule has 0 aliphatic carbocycles. The lowest BCUT2D eigenvalue weighted by atomic mass is 9.98. The van der Waals surface area contributed by atoms with Gasteiger partial charge in [0.2, 0.25) is 0 Å². The third-order valence-electron chi connectivity index (χ3n) is 4.80. The van der Waals surface area contributed by atoms with E-state index in [4.69, 9.17) is 4.42 Å². The van der Waals surface area contributed by atoms with Crippen molar-refractivity contribution in [3.05, 3.63) is 85.1 Å². The van der Waals surface area contributed by atoms with Crippen LogP contribution in [0, 0.1) is 0 Å². The molecule has 0 aliphatic rings. The van der Waals surface area contributed by atoms with Crippen LogP contribution in [0.5, 0.6) is 0 Å². The maximum atomic E-state index is 6.29. The molecule has 0 atom stereocenters. The Morgan fingerprint density at radius 1 is 0.720 bits per heavy atom. The van der Waals surface area contributed by atoms with Crippen molar-refractivity contribution >= 4 is 21.9 Å². The van der Waals surface area contributed by atoms with Crippen molar-refractivity contribution in [3.8, 4) is 22.5 Å². The lowest BCUT2D eigenvalue weighted by Crippen LogP contribution is -1.82. The first-order chi connectivity index (χ1) is 12.3. The molecule has 2 heteroatoms. The number of furan rings is 1. The first-order valence-corrected chi connectivity index (χ1v) is 8.44. The van der Waals surface area contributed by atoms with Crippen LogP contribution >= 0.6 is 0 Å². The molecular weight excluding hydrogens is 306 g/mol. The minimum absolute atomic E-state index is 0.921. The Morgan fingerprint density at radius 3 is 2.24 bits per heavy atom. The Bertz CT molecular complexity index is 1190. The van der Waals surface area contributed by atoms with Gasteiger partial charge >= 0.3 is 0 Å². The Labute approximate surface area is 145 Å². The topological polar surface area (TPSA) is 18.1 Å². The number of nitrogens with zero attached hydrogens (tertiary/aromatic N) is 1. The Balaban J connectivity index is 1.92. The maximum absolute atomic E-state index is 6.29. The van der Waals surface area contributed by atoms with E-state index in [0.29, 0.717) is 0 Å². The number of para-hydroxylation sites is 2. The van der Waals surface area contributed by atoms with Gasteiger partial charge in [-0.1, -0.05) is 66.7 Å². The van der Waals surface area contributed by atoms with Crippen LogP contribution in [-0.2, 0) is 7.05 Å². The molecule has 0 N–H and O–H groups in total. The summed E-state index contributed by atoms with van der Waals surface area (Å²) in [6, 6.07) is 27.1. The van der Waals surface area contributed by atoms with Gasteiger partial charge in [0.25, 0.3) is 0 Å². The number of hydrogen-bond acceptors (Lipinski definition) is 1. The van der Waals surface area contributed by atoms with E-state index in [1.165, 1.54) is 22.0 Å². The highest BCUT2D eigenvalue weighted by Crippen LogP contribution is 2.43. The molecule has 5 aromatic rings. The van der Waals surface area contributed by atoms with Crippen molar-refractivity contribution in [2.75, 3.05) is 0 Å². The summed E-state index contributed by atoms with van der Waals surface area (Å²) in [5.41, 5.74) is 5.62. The number of fused-ring (bicyclic) bond motifs is 2. The molecule has 3 aromatic carbocycles. The van der Waals surface area contributed by atoms with Gasteiger partial charge in [0.15, 0.2) is 0 Å². The lowest BCUT2D eigenvalue weighted by Gasteiger charge is -2.03. The van der Waals surface area contributed by atoms with Crippen molar-refractivity contribution in [2.24, 2.45) is 7.05 Å². The van der Waals surface area contributed by atoms with Crippen molar-refractivity contribution in [1.82, 2.24) is 4.57 Å². The van der Waals surface area contributed by atoms with Gasteiger partial charge in [0.05, 0.1) is 0 Å². The standard InChI is InChI=1S/C23H17NO/c1-24-15-19(17-11-5-7-13-20(17)24)22-18-12-6-8-14-21(18)25-23(22)16-9-3-2-4-10-16/h2-15H,1H3. The van der Waals surface area contributed by atoms with Gasteiger partial charge in [-0.05, 0) is 12.1 Å². The summed E-state index contributed by atoms with van der Waals surface area (Å²) in [5, 5.41) is 2.39. The van der Waals surface area contributed by atoms with Crippen LogP contribution in [0.1, 0.15) is 0 Å². The van der Waals surface area contributed by atoms with E-state index in [2.05, 4.69) is 78.5 Å². The monoisotopic (exact) mass is 323 g/mol. The summed E-state index contributed by atoms with van der Waals surface area (Å²) in [4.78, 5) is 0. The van der Waals surface area contributed by atoms with E-state index in [-0.39, 0.29) is 0 Å². The molecule has 0 spiro atoms. The fourth-order valence-corrected chi connectivity index (χ4v) is 3.65. The molecule has 0 unspecified atom stereocenters. The van der Waals surface area contributed by atoms with E-state index in [1.807, 2.05) is 18.2 Å². The zero-order valence-corrected chi connectivity index (χ0v) is 13.9. The minimum Gasteiger partial charge on any atom is -0.455 e. The van der Waals surface area contributed by atoms with Crippen molar-refractivity contribution in [1.29, 1.82) is 0 Å². The molecule has 5 rings (SSSR count). The fourth-order valence-electron chi connectivity index (χ4n) is 3.65. The van der Waals surface area contributed by atoms with Crippen LogP contribution in [0.3, 0.4) is 0 Å². The highest BCUT2D eigenvalue weighted by atomic mass is 16.3. The molecule has 0 bridgehead atoms. The SMILES string of the molecule is Cn1cc(-c2c(-c3ccccc3)oc3ccccc23)c2ccccc21. The average molecular weight is 323 g/mol. The average Bonchev–Trinajstić information content (AvgIpc) is 3.21. The van der Waals surface area contributed by atoms with Crippen molar-refractivity contribution in [2.45, 2.75) is 0 Å². The molecule has 2 nitrogen and oxygen atoms in total. The summed E-state index contributed by atoms with van der Waals surface area (Å²) in [6.07, 6.45) is 2.20. The largest absolute Gasteiger partial charge is 0.455 e. The van der Waals surface area contributed by atoms with Gasteiger partial charge in [-0.2, -0.15) is 0 Å².